The van der Waals surface area contributed by atoms with E-state index in [0.717, 1.165) is 30.2 Å². The first-order valence-electron chi connectivity index (χ1n) is 8.34. The van der Waals surface area contributed by atoms with Gasteiger partial charge in [0.05, 0.1) is 24.9 Å². The Morgan fingerprint density at radius 3 is 2.46 bits per heavy atom. The molecule has 3 aromatic rings. The highest BCUT2D eigenvalue weighted by atomic mass is 35.5. The van der Waals surface area contributed by atoms with Gasteiger partial charge in [-0.15, -0.1) is 5.10 Å². The van der Waals surface area contributed by atoms with Gasteiger partial charge in [-0.2, -0.15) is 4.68 Å². The van der Waals surface area contributed by atoms with Crippen LogP contribution in [0.4, 0.5) is 0 Å². The van der Waals surface area contributed by atoms with Gasteiger partial charge in [-0.3, -0.25) is 4.90 Å². The third-order valence-corrected chi connectivity index (χ3v) is 4.87. The van der Waals surface area contributed by atoms with Gasteiger partial charge in [-0.1, -0.05) is 41.4 Å². The molecule has 1 fully saturated rings. The number of hydrogen-bond acceptors (Lipinski definition) is 5. The third-order valence-electron chi connectivity index (χ3n) is 4.39. The molecule has 1 aliphatic rings. The minimum Gasteiger partial charge on any atom is -0.379 e. The van der Waals surface area contributed by atoms with Crippen molar-refractivity contribution >= 4 is 23.2 Å². The van der Waals surface area contributed by atoms with Crippen LogP contribution in [0, 0.1) is 0 Å². The largest absolute Gasteiger partial charge is 0.379 e. The van der Waals surface area contributed by atoms with Gasteiger partial charge in [0.15, 0.2) is 5.82 Å². The van der Waals surface area contributed by atoms with Gasteiger partial charge in [0.2, 0.25) is 0 Å². The van der Waals surface area contributed by atoms with Gasteiger partial charge in [0, 0.05) is 23.1 Å². The minimum atomic E-state index is -0.106. The van der Waals surface area contributed by atoms with E-state index in [4.69, 9.17) is 27.9 Å². The number of morpholine rings is 1. The quantitative estimate of drug-likeness (QED) is 0.684. The van der Waals surface area contributed by atoms with Crippen molar-refractivity contribution < 1.29 is 4.74 Å². The molecule has 0 spiro atoms. The lowest BCUT2D eigenvalue weighted by Gasteiger charge is -2.33. The first-order chi connectivity index (χ1) is 12.7. The van der Waals surface area contributed by atoms with E-state index in [9.17, 15) is 0 Å². The fourth-order valence-electron chi connectivity index (χ4n) is 3.16. The maximum absolute atomic E-state index is 6.15. The summed E-state index contributed by atoms with van der Waals surface area (Å²) in [5.74, 6) is 0.733. The number of benzene rings is 2. The molecule has 1 aromatic heterocycles. The average molecular weight is 390 g/mol. The lowest BCUT2D eigenvalue weighted by Crippen LogP contribution is -2.40. The first-order valence-corrected chi connectivity index (χ1v) is 9.09. The lowest BCUT2D eigenvalue weighted by molar-refractivity contribution is 0.0220. The van der Waals surface area contributed by atoms with Crippen LogP contribution in [0.3, 0.4) is 0 Å². The second kappa shape index (κ2) is 7.72. The smallest absolute Gasteiger partial charge is 0.178 e. The Kier molecular flexibility index (Phi) is 5.17. The summed E-state index contributed by atoms with van der Waals surface area (Å²) >= 11 is 12.2. The van der Waals surface area contributed by atoms with Crippen LogP contribution in [0.2, 0.25) is 10.0 Å². The monoisotopic (exact) mass is 389 g/mol. The molecule has 0 saturated carbocycles. The molecular weight excluding hydrogens is 373 g/mol. The van der Waals surface area contributed by atoms with Crippen molar-refractivity contribution in [3.8, 4) is 5.69 Å². The van der Waals surface area contributed by atoms with Gasteiger partial charge in [-0.25, -0.2) is 0 Å². The summed E-state index contributed by atoms with van der Waals surface area (Å²) in [6, 6.07) is 15.2. The topological polar surface area (TPSA) is 56.1 Å². The predicted molar refractivity (Wildman–Crippen MR) is 99.9 cm³/mol. The molecule has 2 aromatic carbocycles. The summed E-state index contributed by atoms with van der Waals surface area (Å²) in [5.41, 5.74) is 1.90. The molecule has 26 heavy (non-hydrogen) atoms. The zero-order chi connectivity index (χ0) is 17.9. The molecule has 1 aliphatic heterocycles. The highest BCUT2D eigenvalue weighted by Crippen LogP contribution is 2.30. The first kappa shape index (κ1) is 17.4. The summed E-state index contributed by atoms with van der Waals surface area (Å²) in [7, 11) is 0. The van der Waals surface area contributed by atoms with E-state index in [-0.39, 0.29) is 6.04 Å². The van der Waals surface area contributed by atoms with Gasteiger partial charge in [0.1, 0.15) is 0 Å². The van der Waals surface area contributed by atoms with Crippen molar-refractivity contribution in [2.24, 2.45) is 0 Å². The van der Waals surface area contributed by atoms with Crippen molar-refractivity contribution in [2.45, 2.75) is 6.04 Å². The Hall–Kier alpha value is -1.99. The number of tetrazole rings is 1. The number of halogens is 2. The number of hydrogen-bond donors (Lipinski definition) is 0. The van der Waals surface area contributed by atoms with Crippen LogP contribution in [0.15, 0.2) is 48.5 Å². The molecule has 0 amide bonds. The maximum atomic E-state index is 6.15. The van der Waals surface area contributed by atoms with Crippen LogP contribution >= 0.6 is 23.2 Å². The van der Waals surface area contributed by atoms with Crippen molar-refractivity contribution in [1.29, 1.82) is 0 Å². The van der Waals surface area contributed by atoms with E-state index in [2.05, 4.69) is 20.4 Å². The van der Waals surface area contributed by atoms with Crippen LogP contribution in [-0.2, 0) is 4.74 Å². The molecule has 1 unspecified atom stereocenters. The SMILES string of the molecule is Clc1ccc(C(c2nnnn2-c2cccc(Cl)c2)N2CCOCC2)cc1. The molecule has 1 saturated heterocycles. The van der Waals surface area contributed by atoms with Gasteiger partial charge < -0.3 is 4.74 Å². The zero-order valence-electron chi connectivity index (χ0n) is 13.9. The van der Waals surface area contributed by atoms with Crippen molar-refractivity contribution in [3.05, 3.63) is 70.0 Å². The van der Waals surface area contributed by atoms with Crippen LogP contribution in [0.1, 0.15) is 17.4 Å². The van der Waals surface area contributed by atoms with E-state index < -0.39 is 0 Å². The lowest BCUT2D eigenvalue weighted by atomic mass is 10.0. The van der Waals surface area contributed by atoms with E-state index in [1.165, 1.54) is 0 Å². The molecule has 0 N–H and O–H groups in total. The maximum Gasteiger partial charge on any atom is 0.178 e. The number of aromatic nitrogens is 4. The molecule has 2 heterocycles. The minimum absolute atomic E-state index is 0.106. The third kappa shape index (κ3) is 3.59. The van der Waals surface area contributed by atoms with Crippen LogP contribution in [-0.4, -0.2) is 51.4 Å². The second-order valence-electron chi connectivity index (χ2n) is 6.03. The molecule has 0 bridgehead atoms. The molecule has 1 atom stereocenters. The Morgan fingerprint density at radius 1 is 0.962 bits per heavy atom. The van der Waals surface area contributed by atoms with E-state index >= 15 is 0 Å². The highest BCUT2D eigenvalue weighted by molar-refractivity contribution is 6.30. The fraction of sp³-hybridized carbons (Fsp3) is 0.278. The van der Waals surface area contributed by atoms with Crippen LogP contribution in [0.25, 0.3) is 5.69 Å². The normalized spacial score (nSPS) is 16.5. The van der Waals surface area contributed by atoms with Crippen molar-refractivity contribution in [1.82, 2.24) is 25.1 Å². The highest BCUT2D eigenvalue weighted by Gasteiger charge is 2.29. The Morgan fingerprint density at radius 2 is 1.73 bits per heavy atom. The van der Waals surface area contributed by atoms with Crippen LogP contribution < -0.4 is 0 Å². The van der Waals surface area contributed by atoms with Gasteiger partial charge in [0.25, 0.3) is 0 Å². The predicted octanol–water partition coefficient (Wildman–Crippen LogP) is 3.39. The van der Waals surface area contributed by atoms with E-state index in [1.807, 2.05) is 48.5 Å². The fourth-order valence-corrected chi connectivity index (χ4v) is 3.47. The summed E-state index contributed by atoms with van der Waals surface area (Å²) in [4.78, 5) is 2.32. The van der Waals surface area contributed by atoms with E-state index in [1.54, 1.807) is 4.68 Å². The zero-order valence-corrected chi connectivity index (χ0v) is 15.4. The molecule has 8 heteroatoms. The number of nitrogens with zero attached hydrogens (tertiary/aromatic N) is 5. The molecule has 0 aliphatic carbocycles. The number of ether oxygens (including phenoxy) is 1. The average Bonchev–Trinajstić information content (AvgIpc) is 3.14. The molecular formula is C18H17Cl2N5O. The van der Waals surface area contributed by atoms with E-state index in [0.29, 0.717) is 23.3 Å². The van der Waals surface area contributed by atoms with Crippen molar-refractivity contribution in [2.75, 3.05) is 26.3 Å². The Bertz CT molecular complexity index is 877. The van der Waals surface area contributed by atoms with Gasteiger partial charge >= 0.3 is 0 Å². The molecule has 6 nitrogen and oxygen atoms in total. The number of rotatable bonds is 4. The van der Waals surface area contributed by atoms with Gasteiger partial charge in [-0.05, 0) is 46.3 Å². The molecule has 134 valence electrons. The Balaban J connectivity index is 1.79. The Labute approximate surface area is 161 Å². The van der Waals surface area contributed by atoms with Crippen molar-refractivity contribution in [3.63, 3.8) is 0 Å². The molecule has 0 radical (unpaired) electrons. The molecule has 4 rings (SSSR count). The summed E-state index contributed by atoms with van der Waals surface area (Å²) in [5, 5.41) is 13.8. The summed E-state index contributed by atoms with van der Waals surface area (Å²) < 4.78 is 7.25. The summed E-state index contributed by atoms with van der Waals surface area (Å²) in [6.07, 6.45) is 0. The summed E-state index contributed by atoms with van der Waals surface area (Å²) in [6.45, 7) is 2.97. The second-order valence-corrected chi connectivity index (χ2v) is 6.90. The standard InChI is InChI=1S/C18H17Cl2N5O/c19-14-6-4-13(5-7-14)17(24-8-10-26-11-9-24)18-21-22-23-25(18)16-3-1-2-15(20)12-16/h1-7,12,17H,8-11H2. The van der Waals surface area contributed by atoms with Crippen LogP contribution in [0.5, 0.6) is 0 Å².